The number of sulfonamides is 1. The fraction of sp³-hybridized carbons (Fsp3) is 0.409. The molecule has 0 aliphatic carbocycles. The molecule has 3 aromatic rings. The van der Waals surface area contributed by atoms with E-state index in [0.717, 1.165) is 24.4 Å². The molecule has 1 aromatic carbocycles. The van der Waals surface area contributed by atoms with Crippen LogP contribution < -0.4 is 10.6 Å². The molecule has 0 saturated carbocycles. The summed E-state index contributed by atoms with van der Waals surface area (Å²) in [5.41, 5.74) is 0.640. The van der Waals surface area contributed by atoms with Gasteiger partial charge in [0.25, 0.3) is 15.9 Å². The summed E-state index contributed by atoms with van der Waals surface area (Å²) >= 11 is 7.37. The number of benzene rings is 1. The van der Waals surface area contributed by atoms with Gasteiger partial charge in [0.05, 0.1) is 0 Å². The fourth-order valence-electron chi connectivity index (χ4n) is 4.56. The lowest BCUT2D eigenvalue weighted by Crippen LogP contribution is -2.61. The first-order valence-corrected chi connectivity index (χ1v) is 13.9. The fourth-order valence-corrected chi connectivity index (χ4v) is 7.20. The number of halogens is 1. The number of carbonyl (C=O) groups excluding carboxylic acids is 2. The van der Waals surface area contributed by atoms with Crippen molar-refractivity contribution in [2.75, 3.05) is 39.8 Å². The summed E-state index contributed by atoms with van der Waals surface area (Å²) in [5, 5.41) is 7.36. The third-order valence-electron chi connectivity index (χ3n) is 6.50. The predicted molar refractivity (Wildman–Crippen MR) is 133 cm³/mol. The molecule has 4 heterocycles. The monoisotopic (exact) mass is 536 g/mol. The summed E-state index contributed by atoms with van der Waals surface area (Å²) < 4.78 is 28.0. The van der Waals surface area contributed by atoms with Gasteiger partial charge in [0, 0.05) is 66.1 Å². The molecule has 2 atom stereocenters. The smallest absolute Gasteiger partial charge is 0.283 e. The molecule has 0 bridgehead atoms. The van der Waals surface area contributed by atoms with Gasteiger partial charge in [0.2, 0.25) is 5.91 Å². The summed E-state index contributed by atoms with van der Waals surface area (Å²) in [6, 6.07) is 5.62. The van der Waals surface area contributed by atoms with Crippen LogP contribution in [0.2, 0.25) is 5.02 Å². The third-order valence-corrected chi connectivity index (χ3v) is 9.67. The van der Waals surface area contributed by atoms with Crippen molar-refractivity contribution in [3.8, 4) is 0 Å². The van der Waals surface area contributed by atoms with Gasteiger partial charge in [-0.15, -0.1) is 11.3 Å². The van der Waals surface area contributed by atoms with Crippen LogP contribution in [0, 0.1) is 0 Å². The van der Waals surface area contributed by atoms with Crippen LogP contribution in [0.3, 0.4) is 0 Å². The summed E-state index contributed by atoms with van der Waals surface area (Å²) in [4.78, 5) is 35.8. The second kappa shape index (κ2) is 9.51. The van der Waals surface area contributed by atoms with E-state index in [2.05, 4.69) is 20.6 Å². The molecule has 2 amide bonds. The lowest BCUT2D eigenvalue weighted by atomic mass is 10.1. The maximum atomic E-state index is 13.4. The zero-order valence-electron chi connectivity index (χ0n) is 19.0. The van der Waals surface area contributed by atoms with E-state index in [1.807, 2.05) is 0 Å². The number of rotatable bonds is 5. The number of H-pyrrole nitrogens is 1. The number of aromatic amines is 1. The first-order valence-electron chi connectivity index (χ1n) is 11.3. The van der Waals surface area contributed by atoms with Crippen molar-refractivity contribution in [1.29, 1.82) is 0 Å². The molecule has 3 N–H and O–H groups in total. The van der Waals surface area contributed by atoms with Gasteiger partial charge in [-0.1, -0.05) is 11.6 Å². The molecule has 13 heteroatoms. The lowest BCUT2D eigenvalue weighted by molar-refractivity contribution is -0.126. The molecule has 2 saturated heterocycles. The first kappa shape index (κ1) is 24.2. The van der Waals surface area contributed by atoms with Crippen molar-refractivity contribution in [3.63, 3.8) is 0 Å². The summed E-state index contributed by atoms with van der Waals surface area (Å²) in [7, 11) is -2.47. The van der Waals surface area contributed by atoms with E-state index in [0.29, 0.717) is 26.9 Å². The molecule has 186 valence electrons. The minimum atomic E-state index is -3.94. The molecular weight excluding hydrogens is 512 g/mol. The molecule has 0 radical (unpaired) electrons. The number of hydrogen-bond donors (Lipinski definition) is 3. The van der Waals surface area contributed by atoms with E-state index in [1.54, 1.807) is 24.4 Å². The Morgan fingerprint density at radius 2 is 2.09 bits per heavy atom. The van der Waals surface area contributed by atoms with Crippen LogP contribution in [-0.4, -0.2) is 85.2 Å². The maximum Gasteiger partial charge on any atom is 0.283 e. The Labute approximate surface area is 211 Å². The van der Waals surface area contributed by atoms with E-state index in [9.17, 15) is 18.0 Å². The van der Waals surface area contributed by atoms with Crippen molar-refractivity contribution in [2.24, 2.45) is 0 Å². The highest BCUT2D eigenvalue weighted by molar-refractivity contribution is 7.89. The zero-order chi connectivity index (χ0) is 24.7. The van der Waals surface area contributed by atoms with Crippen LogP contribution in [0.4, 0.5) is 0 Å². The molecule has 2 aliphatic rings. The second-order valence-corrected chi connectivity index (χ2v) is 12.0. The highest BCUT2D eigenvalue weighted by Crippen LogP contribution is 2.30. The zero-order valence-corrected chi connectivity index (χ0v) is 21.3. The Morgan fingerprint density at radius 1 is 1.26 bits per heavy atom. The Morgan fingerprint density at radius 3 is 2.83 bits per heavy atom. The van der Waals surface area contributed by atoms with Crippen molar-refractivity contribution in [3.05, 3.63) is 45.4 Å². The number of fused-ring (bicyclic) bond motifs is 1. The van der Waals surface area contributed by atoms with Crippen LogP contribution in [-0.2, 0) is 14.8 Å². The number of carbonyl (C=O) groups is 2. The van der Waals surface area contributed by atoms with E-state index < -0.39 is 22.0 Å². The summed E-state index contributed by atoms with van der Waals surface area (Å²) in [5.74, 6) is -0.464. The predicted octanol–water partition coefficient (Wildman–Crippen LogP) is 1.62. The number of thiazole rings is 1. The lowest BCUT2D eigenvalue weighted by Gasteiger charge is -2.39. The topological polar surface area (TPSA) is 128 Å². The number of hydrogen-bond acceptors (Lipinski definition) is 7. The Kier molecular flexibility index (Phi) is 6.57. The van der Waals surface area contributed by atoms with Crippen molar-refractivity contribution < 1.29 is 18.0 Å². The van der Waals surface area contributed by atoms with Crippen LogP contribution >= 0.6 is 22.9 Å². The third kappa shape index (κ3) is 4.56. The molecule has 2 aliphatic heterocycles. The highest BCUT2D eigenvalue weighted by atomic mass is 35.5. The Hall–Kier alpha value is -2.51. The number of aromatic nitrogens is 2. The van der Waals surface area contributed by atoms with E-state index in [4.69, 9.17) is 11.6 Å². The summed E-state index contributed by atoms with van der Waals surface area (Å²) in [6.45, 7) is 1.76. The van der Waals surface area contributed by atoms with Gasteiger partial charge < -0.3 is 20.5 Å². The highest BCUT2D eigenvalue weighted by Gasteiger charge is 2.41. The SMILES string of the molecule is CNC(=O)C1CN(S(=O)(=O)c2cc3cc(Cl)ccc3[nH]2)CCN1C(=O)c1ncc(C2CCNC2)s1. The second-order valence-electron chi connectivity index (χ2n) is 8.61. The number of nitrogens with zero attached hydrogens (tertiary/aromatic N) is 3. The van der Waals surface area contributed by atoms with Gasteiger partial charge in [-0.05, 0) is 37.2 Å². The normalized spacial score (nSPS) is 21.5. The minimum Gasteiger partial charge on any atom is -0.357 e. The number of likely N-dealkylation sites (N-methyl/N-ethyl adjacent to an activating group) is 1. The number of piperazine rings is 1. The molecule has 10 nitrogen and oxygen atoms in total. The van der Waals surface area contributed by atoms with Crippen LogP contribution in [0.25, 0.3) is 10.9 Å². The average molecular weight is 537 g/mol. The van der Waals surface area contributed by atoms with Gasteiger partial charge in [-0.2, -0.15) is 4.31 Å². The number of amides is 2. The van der Waals surface area contributed by atoms with Crippen molar-refractivity contribution in [1.82, 2.24) is 29.8 Å². The quantitative estimate of drug-likeness (QED) is 0.454. The standard InChI is InChI=1S/C22H25ClN6O4S2/c1-24-20(30)17-12-28(35(32,33)19-9-14-8-15(23)2-3-16(14)27-19)6-7-29(17)22(31)21-26-11-18(34-21)13-4-5-25-10-13/h2-3,8-9,11,13,17,25,27H,4-7,10,12H2,1H3,(H,24,30). The molecule has 35 heavy (non-hydrogen) atoms. The van der Waals surface area contributed by atoms with Crippen molar-refractivity contribution in [2.45, 2.75) is 23.4 Å². The Balaban J connectivity index is 1.38. The average Bonchev–Trinajstić information content (AvgIpc) is 3.62. The minimum absolute atomic E-state index is 0.0138. The van der Waals surface area contributed by atoms with Gasteiger partial charge in [-0.3, -0.25) is 9.59 Å². The van der Waals surface area contributed by atoms with E-state index in [1.165, 1.54) is 33.7 Å². The molecule has 5 rings (SSSR count). The first-order chi connectivity index (χ1) is 16.8. The maximum absolute atomic E-state index is 13.4. The molecule has 0 spiro atoms. The van der Waals surface area contributed by atoms with Crippen LogP contribution in [0.15, 0.2) is 35.5 Å². The van der Waals surface area contributed by atoms with Gasteiger partial charge in [0.1, 0.15) is 11.1 Å². The number of nitrogens with one attached hydrogen (secondary N) is 3. The van der Waals surface area contributed by atoms with Crippen LogP contribution in [0.1, 0.15) is 27.0 Å². The molecule has 2 fully saturated rings. The van der Waals surface area contributed by atoms with Crippen LogP contribution in [0.5, 0.6) is 0 Å². The largest absolute Gasteiger partial charge is 0.357 e. The van der Waals surface area contributed by atoms with E-state index >= 15 is 0 Å². The van der Waals surface area contributed by atoms with E-state index in [-0.39, 0.29) is 30.6 Å². The van der Waals surface area contributed by atoms with Gasteiger partial charge in [0.15, 0.2) is 5.01 Å². The molecule has 2 aromatic heterocycles. The summed E-state index contributed by atoms with van der Waals surface area (Å²) in [6.07, 6.45) is 2.72. The van der Waals surface area contributed by atoms with Gasteiger partial charge >= 0.3 is 0 Å². The Bertz CT molecular complexity index is 1380. The molecular formula is C22H25ClN6O4S2. The van der Waals surface area contributed by atoms with Gasteiger partial charge in [-0.25, -0.2) is 13.4 Å². The van der Waals surface area contributed by atoms with Crippen molar-refractivity contribution >= 4 is 55.7 Å². The molecule has 2 unspecified atom stereocenters.